The summed E-state index contributed by atoms with van der Waals surface area (Å²) in [6, 6.07) is 14.0. The van der Waals surface area contributed by atoms with Crippen LogP contribution in [0.25, 0.3) is 0 Å². The highest BCUT2D eigenvalue weighted by Crippen LogP contribution is 2.19. The highest BCUT2D eigenvalue weighted by molar-refractivity contribution is 5.35. The zero-order chi connectivity index (χ0) is 12.8. The largest absolute Gasteiger partial charge is 0.487 e. The Morgan fingerprint density at radius 2 is 1.94 bits per heavy atom. The molecule has 0 saturated carbocycles. The van der Waals surface area contributed by atoms with Crippen molar-refractivity contribution in [2.45, 2.75) is 20.0 Å². The standard InChI is InChI=1S/C15H18N2O/c1-3-12-7-4-5-9-14(12)18-11-13-8-6-10-15(16-2)17-13/h4-10H,3,11H2,1-2H3,(H,16,17). The molecule has 3 nitrogen and oxygen atoms in total. The first kappa shape index (κ1) is 12.4. The maximum absolute atomic E-state index is 5.82. The summed E-state index contributed by atoms with van der Waals surface area (Å²) in [6.07, 6.45) is 0.972. The molecule has 0 bridgehead atoms. The van der Waals surface area contributed by atoms with E-state index in [0.29, 0.717) is 6.61 Å². The van der Waals surface area contributed by atoms with Crippen molar-refractivity contribution < 1.29 is 4.74 Å². The lowest BCUT2D eigenvalue weighted by molar-refractivity contribution is 0.298. The lowest BCUT2D eigenvalue weighted by Crippen LogP contribution is -2.02. The van der Waals surface area contributed by atoms with Gasteiger partial charge in [0.15, 0.2) is 0 Å². The Kier molecular flexibility index (Phi) is 4.18. The fourth-order valence-corrected chi connectivity index (χ4v) is 1.79. The number of benzene rings is 1. The molecule has 2 aromatic rings. The second-order valence-corrected chi connectivity index (χ2v) is 4.01. The molecule has 0 fully saturated rings. The minimum Gasteiger partial charge on any atom is -0.487 e. The van der Waals surface area contributed by atoms with Crippen LogP contribution in [0.15, 0.2) is 42.5 Å². The number of rotatable bonds is 5. The van der Waals surface area contributed by atoms with Gasteiger partial charge in [0, 0.05) is 7.05 Å². The first-order chi connectivity index (χ1) is 8.83. The molecule has 0 saturated heterocycles. The maximum Gasteiger partial charge on any atom is 0.130 e. The summed E-state index contributed by atoms with van der Waals surface area (Å²) >= 11 is 0. The molecule has 0 amide bonds. The average molecular weight is 242 g/mol. The van der Waals surface area contributed by atoms with E-state index in [2.05, 4.69) is 23.3 Å². The number of aromatic nitrogens is 1. The van der Waals surface area contributed by atoms with Gasteiger partial charge in [0.25, 0.3) is 0 Å². The summed E-state index contributed by atoms with van der Waals surface area (Å²) in [5.74, 6) is 1.80. The van der Waals surface area contributed by atoms with Gasteiger partial charge in [0.1, 0.15) is 18.2 Å². The Hall–Kier alpha value is -2.03. The van der Waals surface area contributed by atoms with Crippen LogP contribution in [0.2, 0.25) is 0 Å². The van der Waals surface area contributed by atoms with E-state index < -0.39 is 0 Å². The Labute approximate surface area is 108 Å². The van der Waals surface area contributed by atoms with Crippen molar-refractivity contribution >= 4 is 5.82 Å². The van der Waals surface area contributed by atoms with Crippen LogP contribution in [-0.2, 0) is 13.0 Å². The second-order valence-electron chi connectivity index (χ2n) is 4.01. The van der Waals surface area contributed by atoms with Gasteiger partial charge in [-0.3, -0.25) is 0 Å². The van der Waals surface area contributed by atoms with E-state index in [1.54, 1.807) is 0 Å². The lowest BCUT2D eigenvalue weighted by atomic mass is 10.1. The number of ether oxygens (including phenoxy) is 1. The van der Waals surface area contributed by atoms with E-state index in [1.807, 2.05) is 43.4 Å². The van der Waals surface area contributed by atoms with Gasteiger partial charge in [-0.25, -0.2) is 4.98 Å². The van der Waals surface area contributed by atoms with Crippen LogP contribution in [-0.4, -0.2) is 12.0 Å². The third-order valence-corrected chi connectivity index (χ3v) is 2.79. The highest BCUT2D eigenvalue weighted by Gasteiger charge is 2.02. The molecule has 94 valence electrons. The fourth-order valence-electron chi connectivity index (χ4n) is 1.79. The molecule has 0 unspecified atom stereocenters. The molecule has 0 aliphatic heterocycles. The van der Waals surface area contributed by atoms with Crippen LogP contribution < -0.4 is 10.1 Å². The van der Waals surface area contributed by atoms with Crippen LogP contribution in [0.4, 0.5) is 5.82 Å². The van der Waals surface area contributed by atoms with Crippen molar-refractivity contribution in [3.8, 4) is 5.75 Å². The normalized spacial score (nSPS) is 10.1. The number of hydrogen-bond donors (Lipinski definition) is 1. The van der Waals surface area contributed by atoms with Gasteiger partial charge in [0.05, 0.1) is 5.69 Å². The first-order valence-electron chi connectivity index (χ1n) is 6.18. The van der Waals surface area contributed by atoms with E-state index in [0.717, 1.165) is 23.7 Å². The number of para-hydroxylation sites is 1. The Morgan fingerprint density at radius 3 is 2.72 bits per heavy atom. The number of hydrogen-bond acceptors (Lipinski definition) is 3. The van der Waals surface area contributed by atoms with Crippen LogP contribution >= 0.6 is 0 Å². The van der Waals surface area contributed by atoms with Crippen molar-refractivity contribution in [1.29, 1.82) is 0 Å². The van der Waals surface area contributed by atoms with E-state index >= 15 is 0 Å². The summed E-state index contributed by atoms with van der Waals surface area (Å²) in [7, 11) is 1.86. The first-order valence-corrected chi connectivity index (χ1v) is 6.18. The molecule has 0 aliphatic carbocycles. The molecule has 0 spiro atoms. The third kappa shape index (κ3) is 3.00. The minimum absolute atomic E-state index is 0.493. The van der Waals surface area contributed by atoms with Gasteiger partial charge in [-0.2, -0.15) is 0 Å². The Bertz CT molecular complexity index is 511. The summed E-state index contributed by atoms with van der Waals surface area (Å²) in [6.45, 7) is 2.62. The molecule has 1 N–H and O–H groups in total. The molecule has 0 atom stereocenters. The van der Waals surface area contributed by atoms with Crippen LogP contribution in [0, 0.1) is 0 Å². The van der Waals surface area contributed by atoms with Gasteiger partial charge in [-0.15, -0.1) is 0 Å². The van der Waals surface area contributed by atoms with Crippen molar-refractivity contribution in [2.24, 2.45) is 0 Å². The fraction of sp³-hybridized carbons (Fsp3) is 0.267. The molecule has 1 aromatic carbocycles. The third-order valence-electron chi connectivity index (χ3n) is 2.79. The molecular weight excluding hydrogens is 224 g/mol. The predicted octanol–water partition coefficient (Wildman–Crippen LogP) is 3.26. The number of nitrogens with zero attached hydrogens (tertiary/aromatic N) is 1. The molecule has 0 radical (unpaired) electrons. The van der Waals surface area contributed by atoms with Crippen LogP contribution in [0.5, 0.6) is 5.75 Å². The van der Waals surface area contributed by atoms with Crippen molar-refractivity contribution in [1.82, 2.24) is 4.98 Å². The van der Waals surface area contributed by atoms with Crippen molar-refractivity contribution in [2.75, 3.05) is 12.4 Å². The van der Waals surface area contributed by atoms with E-state index in [9.17, 15) is 0 Å². The molecule has 0 aliphatic rings. The van der Waals surface area contributed by atoms with Gasteiger partial charge in [0.2, 0.25) is 0 Å². The lowest BCUT2D eigenvalue weighted by Gasteiger charge is -2.10. The number of aryl methyl sites for hydroxylation is 1. The molecule has 18 heavy (non-hydrogen) atoms. The summed E-state index contributed by atoms with van der Waals surface area (Å²) in [4.78, 5) is 4.43. The van der Waals surface area contributed by atoms with Crippen molar-refractivity contribution in [3.63, 3.8) is 0 Å². The molecular formula is C15H18N2O. The Morgan fingerprint density at radius 1 is 1.11 bits per heavy atom. The summed E-state index contributed by atoms with van der Waals surface area (Å²) < 4.78 is 5.82. The predicted molar refractivity (Wildman–Crippen MR) is 73.9 cm³/mol. The maximum atomic E-state index is 5.82. The van der Waals surface area contributed by atoms with Crippen LogP contribution in [0.1, 0.15) is 18.2 Å². The zero-order valence-electron chi connectivity index (χ0n) is 10.8. The van der Waals surface area contributed by atoms with Crippen molar-refractivity contribution in [3.05, 3.63) is 53.7 Å². The summed E-state index contributed by atoms with van der Waals surface area (Å²) in [5, 5.41) is 3.02. The molecule has 3 heteroatoms. The monoisotopic (exact) mass is 242 g/mol. The second kappa shape index (κ2) is 6.05. The van der Waals surface area contributed by atoms with Gasteiger partial charge >= 0.3 is 0 Å². The van der Waals surface area contributed by atoms with Gasteiger partial charge in [-0.1, -0.05) is 31.2 Å². The zero-order valence-corrected chi connectivity index (χ0v) is 10.8. The van der Waals surface area contributed by atoms with Crippen LogP contribution in [0.3, 0.4) is 0 Å². The van der Waals surface area contributed by atoms with E-state index in [4.69, 9.17) is 4.74 Å². The van der Waals surface area contributed by atoms with E-state index in [-0.39, 0.29) is 0 Å². The van der Waals surface area contributed by atoms with Gasteiger partial charge in [-0.05, 0) is 30.2 Å². The average Bonchev–Trinajstić information content (AvgIpc) is 2.45. The smallest absolute Gasteiger partial charge is 0.130 e. The Balaban J connectivity index is 2.06. The molecule has 1 aromatic heterocycles. The number of nitrogens with one attached hydrogen (secondary N) is 1. The topological polar surface area (TPSA) is 34.1 Å². The number of pyridine rings is 1. The van der Waals surface area contributed by atoms with Gasteiger partial charge < -0.3 is 10.1 Å². The highest BCUT2D eigenvalue weighted by atomic mass is 16.5. The number of anilines is 1. The molecule has 1 heterocycles. The summed E-state index contributed by atoms with van der Waals surface area (Å²) in [5.41, 5.74) is 2.15. The SMILES string of the molecule is CCc1ccccc1OCc1cccc(NC)n1. The quantitative estimate of drug-likeness (QED) is 0.873. The molecule has 2 rings (SSSR count). The van der Waals surface area contributed by atoms with E-state index in [1.165, 1.54) is 5.56 Å². The minimum atomic E-state index is 0.493.